The smallest absolute Gasteiger partial charge is 0.109 e. The zero-order valence-corrected chi connectivity index (χ0v) is 9.26. The van der Waals surface area contributed by atoms with Crippen molar-refractivity contribution in [2.45, 2.75) is 26.1 Å². The van der Waals surface area contributed by atoms with Crippen molar-refractivity contribution in [2.24, 2.45) is 0 Å². The second kappa shape index (κ2) is 6.38. The lowest BCUT2D eigenvalue weighted by atomic mass is 10.0. The number of hydrogen-bond donors (Lipinski definition) is 1. The van der Waals surface area contributed by atoms with Crippen LogP contribution in [0.25, 0.3) is 0 Å². The number of allylic oxidation sites excluding steroid dienone is 1. The van der Waals surface area contributed by atoms with Gasteiger partial charge in [-0.25, -0.2) is 0 Å². The van der Waals surface area contributed by atoms with Crippen molar-refractivity contribution >= 4 is 0 Å². The Morgan fingerprint density at radius 2 is 2.00 bits per heavy atom. The van der Waals surface area contributed by atoms with E-state index in [0.29, 0.717) is 6.61 Å². The molecule has 0 aliphatic heterocycles. The Kier molecular flexibility index (Phi) is 5.08. The van der Waals surface area contributed by atoms with Gasteiger partial charge in [-0.1, -0.05) is 42.5 Å². The molecule has 0 aromatic heterocycles. The average molecular weight is 206 g/mol. The molecule has 2 nitrogen and oxygen atoms in total. The summed E-state index contributed by atoms with van der Waals surface area (Å²) >= 11 is 0. The van der Waals surface area contributed by atoms with Crippen molar-refractivity contribution in [2.75, 3.05) is 6.61 Å². The Morgan fingerprint density at radius 3 is 2.53 bits per heavy atom. The van der Waals surface area contributed by atoms with E-state index in [0.717, 1.165) is 5.56 Å². The first-order valence-corrected chi connectivity index (χ1v) is 5.27. The van der Waals surface area contributed by atoms with E-state index >= 15 is 0 Å². The molecule has 0 bridgehead atoms. The number of benzene rings is 1. The van der Waals surface area contributed by atoms with Crippen molar-refractivity contribution in [3.8, 4) is 0 Å². The zero-order valence-electron chi connectivity index (χ0n) is 9.26. The lowest BCUT2D eigenvalue weighted by molar-refractivity contribution is -0.00581. The van der Waals surface area contributed by atoms with E-state index in [1.54, 1.807) is 0 Å². The van der Waals surface area contributed by atoms with Gasteiger partial charge in [-0.3, -0.25) is 0 Å². The van der Waals surface area contributed by atoms with Crippen LogP contribution in [0.3, 0.4) is 0 Å². The first-order chi connectivity index (χ1) is 7.29. The minimum atomic E-state index is -0.595. The standard InChI is InChI=1S/C13H18O2/c1-3-8-12(15-4-2)13(14)11-9-6-5-7-10-11/h3,5-10,12-14H,4H2,1-2H3/b8-3+/t12-,13-/m0/s1. The Bertz CT molecular complexity index is 293. The van der Waals surface area contributed by atoms with Crippen LogP contribution >= 0.6 is 0 Å². The molecule has 0 radical (unpaired) electrons. The van der Waals surface area contributed by atoms with E-state index in [1.807, 2.05) is 56.3 Å². The third kappa shape index (κ3) is 3.50. The number of hydrogen-bond acceptors (Lipinski definition) is 2. The zero-order chi connectivity index (χ0) is 11.1. The minimum absolute atomic E-state index is 0.262. The van der Waals surface area contributed by atoms with Crippen LogP contribution in [-0.4, -0.2) is 17.8 Å². The summed E-state index contributed by atoms with van der Waals surface area (Å²) in [5.41, 5.74) is 0.883. The summed E-state index contributed by atoms with van der Waals surface area (Å²) in [6.45, 7) is 4.44. The Morgan fingerprint density at radius 1 is 1.33 bits per heavy atom. The fourth-order valence-electron chi connectivity index (χ4n) is 1.47. The highest BCUT2D eigenvalue weighted by atomic mass is 16.5. The second-order valence-corrected chi connectivity index (χ2v) is 3.30. The quantitative estimate of drug-likeness (QED) is 0.750. The van der Waals surface area contributed by atoms with Crippen LogP contribution in [0.5, 0.6) is 0 Å². The highest BCUT2D eigenvalue weighted by Crippen LogP contribution is 2.19. The van der Waals surface area contributed by atoms with Gasteiger partial charge in [-0.15, -0.1) is 0 Å². The molecule has 0 aliphatic carbocycles. The lowest BCUT2D eigenvalue weighted by Gasteiger charge is -2.20. The molecule has 0 heterocycles. The summed E-state index contributed by atoms with van der Waals surface area (Å²) in [5.74, 6) is 0. The molecule has 0 saturated carbocycles. The Labute approximate surface area is 91.2 Å². The molecule has 1 aromatic rings. The van der Waals surface area contributed by atoms with Gasteiger partial charge in [0.1, 0.15) is 12.2 Å². The number of aliphatic hydroxyl groups excluding tert-OH is 1. The summed E-state index contributed by atoms with van der Waals surface area (Å²) in [6, 6.07) is 9.57. The van der Waals surface area contributed by atoms with Crippen LogP contribution in [0.4, 0.5) is 0 Å². The third-order valence-electron chi connectivity index (χ3n) is 2.19. The minimum Gasteiger partial charge on any atom is -0.385 e. The van der Waals surface area contributed by atoms with Gasteiger partial charge >= 0.3 is 0 Å². The number of ether oxygens (including phenoxy) is 1. The molecule has 15 heavy (non-hydrogen) atoms. The molecular formula is C13H18O2. The van der Waals surface area contributed by atoms with Crippen LogP contribution in [-0.2, 0) is 4.74 Å². The maximum Gasteiger partial charge on any atom is 0.109 e. The molecule has 0 fully saturated rings. The van der Waals surface area contributed by atoms with E-state index in [9.17, 15) is 5.11 Å². The van der Waals surface area contributed by atoms with Crippen LogP contribution in [0.1, 0.15) is 25.5 Å². The van der Waals surface area contributed by atoms with Crippen molar-refractivity contribution < 1.29 is 9.84 Å². The lowest BCUT2D eigenvalue weighted by Crippen LogP contribution is -2.20. The molecule has 82 valence electrons. The van der Waals surface area contributed by atoms with Crippen LogP contribution < -0.4 is 0 Å². The van der Waals surface area contributed by atoms with Gasteiger partial charge in [0.25, 0.3) is 0 Å². The SMILES string of the molecule is C/C=C/[C@H](OCC)[C@@H](O)c1ccccc1. The molecule has 0 aliphatic rings. The van der Waals surface area contributed by atoms with Gasteiger partial charge < -0.3 is 9.84 Å². The molecule has 2 heteroatoms. The van der Waals surface area contributed by atoms with Crippen LogP contribution in [0, 0.1) is 0 Å². The monoisotopic (exact) mass is 206 g/mol. The molecular weight excluding hydrogens is 188 g/mol. The maximum absolute atomic E-state index is 10.1. The molecule has 0 unspecified atom stereocenters. The number of rotatable bonds is 5. The summed E-state index contributed by atoms with van der Waals surface area (Å²) < 4.78 is 5.46. The first-order valence-electron chi connectivity index (χ1n) is 5.27. The molecule has 0 amide bonds. The fourth-order valence-corrected chi connectivity index (χ4v) is 1.47. The van der Waals surface area contributed by atoms with Crippen LogP contribution in [0.2, 0.25) is 0 Å². The summed E-state index contributed by atoms with van der Waals surface area (Å²) in [4.78, 5) is 0. The van der Waals surface area contributed by atoms with E-state index in [2.05, 4.69) is 0 Å². The van der Waals surface area contributed by atoms with E-state index < -0.39 is 6.10 Å². The van der Waals surface area contributed by atoms with Crippen molar-refractivity contribution in [1.82, 2.24) is 0 Å². The van der Waals surface area contributed by atoms with E-state index in [1.165, 1.54) is 0 Å². The summed E-state index contributed by atoms with van der Waals surface area (Å²) in [5, 5.41) is 10.1. The highest BCUT2D eigenvalue weighted by molar-refractivity contribution is 5.19. The summed E-state index contributed by atoms with van der Waals surface area (Å²) in [7, 11) is 0. The Balaban J connectivity index is 2.76. The van der Waals surface area contributed by atoms with Gasteiger partial charge in [0.05, 0.1) is 0 Å². The molecule has 1 N–H and O–H groups in total. The largest absolute Gasteiger partial charge is 0.385 e. The van der Waals surface area contributed by atoms with Gasteiger partial charge in [0.2, 0.25) is 0 Å². The molecule has 1 rings (SSSR count). The Hall–Kier alpha value is -1.12. The molecule has 1 aromatic carbocycles. The van der Waals surface area contributed by atoms with Gasteiger partial charge in [-0.05, 0) is 19.4 Å². The summed E-state index contributed by atoms with van der Waals surface area (Å²) in [6.07, 6.45) is 2.91. The fraction of sp³-hybridized carbons (Fsp3) is 0.385. The predicted octanol–water partition coefficient (Wildman–Crippen LogP) is 2.70. The van der Waals surface area contributed by atoms with Crippen molar-refractivity contribution in [3.05, 3.63) is 48.0 Å². The van der Waals surface area contributed by atoms with Crippen molar-refractivity contribution in [3.63, 3.8) is 0 Å². The van der Waals surface area contributed by atoms with Crippen molar-refractivity contribution in [1.29, 1.82) is 0 Å². The van der Waals surface area contributed by atoms with E-state index in [-0.39, 0.29) is 6.10 Å². The molecule has 2 atom stereocenters. The maximum atomic E-state index is 10.1. The van der Waals surface area contributed by atoms with E-state index in [4.69, 9.17) is 4.74 Å². The van der Waals surface area contributed by atoms with Gasteiger partial charge in [0.15, 0.2) is 0 Å². The molecule has 0 spiro atoms. The average Bonchev–Trinajstić information content (AvgIpc) is 2.29. The van der Waals surface area contributed by atoms with Gasteiger partial charge in [0, 0.05) is 6.61 Å². The normalized spacial score (nSPS) is 15.4. The first kappa shape index (κ1) is 12.0. The topological polar surface area (TPSA) is 29.5 Å². The van der Waals surface area contributed by atoms with Crippen LogP contribution in [0.15, 0.2) is 42.5 Å². The predicted molar refractivity (Wildman–Crippen MR) is 61.6 cm³/mol. The highest BCUT2D eigenvalue weighted by Gasteiger charge is 2.17. The third-order valence-corrected chi connectivity index (χ3v) is 2.19. The number of aliphatic hydroxyl groups is 1. The molecule has 0 saturated heterocycles. The second-order valence-electron chi connectivity index (χ2n) is 3.30. The van der Waals surface area contributed by atoms with Gasteiger partial charge in [-0.2, -0.15) is 0 Å².